The van der Waals surface area contributed by atoms with Gasteiger partial charge in [-0.2, -0.15) is 9.61 Å². The third kappa shape index (κ3) is 2.39. The maximum atomic E-state index is 13.1. The molecule has 6 rings (SSSR count). The van der Waals surface area contributed by atoms with Crippen LogP contribution in [0.3, 0.4) is 0 Å². The molecule has 0 radical (unpaired) electrons. The van der Waals surface area contributed by atoms with Crippen molar-refractivity contribution < 1.29 is 9.84 Å². The van der Waals surface area contributed by atoms with E-state index in [0.717, 1.165) is 32.4 Å². The van der Waals surface area contributed by atoms with E-state index in [0.29, 0.717) is 17.0 Å². The zero-order valence-electron chi connectivity index (χ0n) is 16.6. The van der Waals surface area contributed by atoms with Crippen LogP contribution in [0.4, 0.5) is 0 Å². The van der Waals surface area contributed by atoms with Crippen molar-refractivity contribution in [2.45, 2.75) is 0 Å². The lowest BCUT2D eigenvalue weighted by Crippen LogP contribution is -2.12. The normalized spacial score (nSPS) is 11.6. The molecule has 2 aromatic heterocycles. The van der Waals surface area contributed by atoms with Crippen LogP contribution in [0.5, 0.6) is 11.6 Å². The van der Waals surface area contributed by atoms with E-state index in [4.69, 9.17) is 9.84 Å². The van der Waals surface area contributed by atoms with Crippen LogP contribution < -0.4 is 10.3 Å². The number of rotatable bonds is 2. The first-order chi connectivity index (χ1) is 15.2. The molecule has 2 N–H and O–H groups in total. The van der Waals surface area contributed by atoms with Gasteiger partial charge in [0.15, 0.2) is 0 Å². The van der Waals surface area contributed by atoms with Crippen molar-refractivity contribution in [3.05, 3.63) is 83.2 Å². The average Bonchev–Trinajstić information content (AvgIpc) is 3.20. The van der Waals surface area contributed by atoms with Crippen LogP contribution in [0, 0.1) is 0 Å². The van der Waals surface area contributed by atoms with Gasteiger partial charge < -0.3 is 14.8 Å². The second-order valence-electron chi connectivity index (χ2n) is 7.46. The average molecular weight is 407 g/mol. The number of methoxy groups -OCH3 is 1. The number of hydrogen-bond acceptors (Lipinski definition) is 4. The van der Waals surface area contributed by atoms with E-state index in [1.165, 1.54) is 4.52 Å². The van der Waals surface area contributed by atoms with Gasteiger partial charge in [0.25, 0.3) is 5.56 Å². The highest BCUT2D eigenvalue weighted by atomic mass is 16.5. The SMILES string of the molecule is COc1ccc(-c2c(O)n3nc4c5ccccc5c5ccccc5c4c3[nH]c2=O)cc1. The molecule has 0 aliphatic rings. The Balaban J connectivity index is 1.78. The van der Waals surface area contributed by atoms with E-state index in [1.54, 1.807) is 31.4 Å². The molecule has 0 unspecified atom stereocenters. The van der Waals surface area contributed by atoms with Crippen LogP contribution in [0.25, 0.3) is 49.2 Å². The molecule has 0 amide bonds. The first-order valence-corrected chi connectivity index (χ1v) is 9.89. The molecule has 0 aliphatic heterocycles. The lowest BCUT2D eigenvalue weighted by atomic mass is 9.98. The Morgan fingerprint density at radius 3 is 2.16 bits per heavy atom. The summed E-state index contributed by atoms with van der Waals surface area (Å²) >= 11 is 0. The summed E-state index contributed by atoms with van der Waals surface area (Å²) in [5.41, 5.74) is 1.56. The fourth-order valence-corrected chi connectivity index (χ4v) is 4.39. The largest absolute Gasteiger partial charge is 0.497 e. The summed E-state index contributed by atoms with van der Waals surface area (Å²) in [7, 11) is 1.58. The Labute approximate surface area is 175 Å². The van der Waals surface area contributed by atoms with Gasteiger partial charge >= 0.3 is 0 Å². The molecule has 0 atom stereocenters. The Hall–Kier alpha value is -4.32. The molecule has 0 saturated carbocycles. The highest BCUT2D eigenvalue weighted by molar-refractivity contribution is 6.27. The number of nitrogens with one attached hydrogen (secondary N) is 1. The quantitative estimate of drug-likeness (QED) is 0.402. The molecule has 0 fully saturated rings. The van der Waals surface area contributed by atoms with E-state index < -0.39 is 0 Å². The Kier molecular flexibility index (Phi) is 3.58. The molecule has 0 spiro atoms. The molecule has 31 heavy (non-hydrogen) atoms. The van der Waals surface area contributed by atoms with Crippen LogP contribution in [0.15, 0.2) is 77.6 Å². The number of aromatic nitrogens is 3. The molecule has 150 valence electrons. The number of ether oxygens (including phenoxy) is 1. The third-order valence-corrected chi connectivity index (χ3v) is 5.82. The van der Waals surface area contributed by atoms with Crippen molar-refractivity contribution in [2.75, 3.05) is 7.11 Å². The van der Waals surface area contributed by atoms with Gasteiger partial charge in [-0.15, -0.1) is 0 Å². The van der Waals surface area contributed by atoms with Gasteiger partial charge in [-0.3, -0.25) is 4.79 Å². The number of fused-ring (bicyclic) bond motifs is 8. The van der Waals surface area contributed by atoms with E-state index in [9.17, 15) is 9.90 Å². The summed E-state index contributed by atoms with van der Waals surface area (Å²) in [5.74, 6) is 0.469. The second-order valence-corrected chi connectivity index (χ2v) is 7.46. The van der Waals surface area contributed by atoms with E-state index >= 15 is 0 Å². The first kappa shape index (κ1) is 17.5. The molecule has 0 aliphatic carbocycles. The highest BCUT2D eigenvalue weighted by Crippen LogP contribution is 2.37. The Morgan fingerprint density at radius 2 is 1.48 bits per heavy atom. The molecule has 6 heteroatoms. The van der Waals surface area contributed by atoms with Crippen LogP contribution in [0.1, 0.15) is 0 Å². The summed E-state index contributed by atoms with van der Waals surface area (Å²) in [6, 6.07) is 23.0. The van der Waals surface area contributed by atoms with E-state index in [1.807, 2.05) is 36.4 Å². The van der Waals surface area contributed by atoms with Gasteiger partial charge in [0.05, 0.1) is 12.5 Å². The van der Waals surface area contributed by atoms with Gasteiger partial charge in [-0.25, -0.2) is 0 Å². The number of H-pyrrole nitrogens is 1. The Morgan fingerprint density at radius 1 is 0.871 bits per heavy atom. The van der Waals surface area contributed by atoms with Crippen LogP contribution in [-0.2, 0) is 0 Å². The van der Waals surface area contributed by atoms with Crippen molar-refractivity contribution in [2.24, 2.45) is 0 Å². The lowest BCUT2D eigenvalue weighted by molar-refractivity contribution is 0.415. The maximum Gasteiger partial charge on any atom is 0.262 e. The zero-order chi connectivity index (χ0) is 21.1. The minimum atomic E-state index is -0.380. The Bertz CT molecular complexity index is 1700. The monoisotopic (exact) mass is 407 g/mol. The molecule has 4 aromatic carbocycles. The standard InChI is InChI=1S/C25H17N3O3/c1-31-15-12-10-14(11-13-15)20-24(29)26-23-21-18-8-4-2-6-16(18)17-7-3-5-9-19(17)22(21)27-28(23)25(20)30/h2-13,30H,1H3,(H,26,29). The van der Waals surface area contributed by atoms with Gasteiger partial charge in [0.1, 0.15) is 22.5 Å². The molecular weight excluding hydrogens is 390 g/mol. The van der Waals surface area contributed by atoms with Gasteiger partial charge in [-0.05, 0) is 33.9 Å². The van der Waals surface area contributed by atoms with Crippen LogP contribution in [-0.4, -0.2) is 26.8 Å². The topological polar surface area (TPSA) is 79.6 Å². The number of aromatic hydroxyl groups is 1. The fourth-order valence-electron chi connectivity index (χ4n) is 4.39. The third-order valence-electron chi connectivity index (χ3n) is 5.82. The van der Waals surface area contributed by atoms with Crippen molar-refractivity contribution in [3.63, 3.8) is 0 Å². The van der Waals surface area contributed by atoms with Gasteiger partial charge in [-0.1, -0.05) is 60.7 Å². The van der Waals surface area contributed by atoms with Gasteiger partial charge in [0.2, 0.25) is 5.88 Å². The van der Waals surface area contributed by atoms with E-state index in [2.05, 4.69) is 17.1 Å². The summed E-state index contributed by atoms with van der Waals surface area (Å²) in [5, 5.41) is 20.7. The van der Waals surface area contributed by atoms with Crippen molar-refractivity contribution >= 4 is 38.1 Å². The smallest absolute Gasteiger partial charge is 0.262 e. The predicted octanol–water partition coefficient (Wildman–Crippen LogP) is 4.86. The minimum Gasteiger partial charge on any atom is -0.497 e. The summed E-state index contributed by atoms with van der Waals surface area (Å²) < 4.78 is 6.61. The molecule has 0 bridgehead atoms. The van der Waals surface area contributed by atoms with E-state index in [-0.39, 0.29) is 17.0 Å². The highest BCUT2D eigenvalue weighted by Gasteiger charge is 2.20. The molecule has 6 aromatic rings. The molecule has 2 heterocycles. The summed E-state index contributed by atoms with van der Waals surface area (Å²) in [6.07, 6.45) is 0. The van der Waals surface area contributed by atoms with Crippen LogP contribution >= 0.6 is 0 Å². The molecule has 0 saturated heterocycles. The molecular formula is C25H17N3O3. The number of aromatic amines is 1. The second kappa shape index (κ2) is 6.34. The molecule has 6 nitrogen and oxygen atoms in total. The maximum absolute atomic E-state index is 13.1. The van der Waals surface area contributed by atoms with Gasteiger partial charge in [0, 0.05) is 5.39 Å². The zero-order valence-corrected chi connectivity index (χ0v) is 16.6. The fraction of sp³-hybridized carbons (Fsp3) is 0.0400. The van der Waals surface area contributed by atoms with Crippen molar-refractivity contribution in [3.8, 4) is 22.8 Å². The number of benzene rings is 4. The van der Waals surface area contributed by atoms with Crippen molar-refractivity contribution in [1.29, 1.82) is 0 Å². The number of nitrogens with zero attached hydrogens (tertiary/aromatic N) is 2. The van der Waals surface area contributed by atoms with Crippen LogP contribution in [0.2, 0.25) is 0 Å². The predicted molar refractivity (Wildman–Crippen MR) is 122 cm³/mol. The summed E-state index contributed by atoms with van der Waals surface area (Å²) in [4.78, 5) is 16.0. The summed E-state index contributed by atoms with van der Waals surface area (Å²) in [6.45, 7) is 0. The van der Waals surface area contributed by atoms with Crippen molar-refractivity contribution in [1.82, 2.24) is 14.6 Å². The minimum absolute atomic E-state index is 0.163. The first-order valence-electron chi connectivity index (χ1n) is 9.89. The lowest BCUT2D eigenvalue weighted by Gasteiger charge is -2.07. The number of hydrogen-bond donors (Lipinski definition) is 2.